The molecule has 196 valence electrons. The van der Waals surface area contributed by atoms with Crippen LogP contribution in [-0.2, 0) is 14.3 Å². The molecule has 0 heterocycles. The summed E-state index contributed by atoms with van der Waals surface area (Å²) in [4.78, 5) is 41.1. The molecule has 0 aliphatic carbocycles. The van der Waals surface area contributed by atoms with Crippen LogP contribution < -0.4 is 15.4 Å². The highest BCUT2D eigenvalue weighted by Crippen LogP contribution is 2.29. The standard InChI is InChI=1S/C27H37N3O6/c1-8-17(2)30(25(33)18(3)28-26(34)36-27(4,5)6)23(19-9-13-21(31)14-10-19)24(32)29-20-11-15-22(35-7)16-12-20/h9-18,23,31H,8H2,1-7H3,(H,28,34)(H,29,32). The number of rotatable bonds is 9. The fraction of sp³-hybridized carbons (Fsp3) is 0.444. The van der Waals surface area contributed by atoms with Crippen molar-refractivity contribution < 1.29 is 29.0 Å². The number of amides is 3. The number of alkyl carbamates (subject to hydrolysis) is 1. The van der Waals surface area contributed by atoms with E-state index in [-0.39, 0.29) is 11.8 Å². The van der Waals surface area contributed by atoms with E-state index in [4.69, 9.17) is 9.47 Å². The maximum absolute atomic E-state index is 13.7. The smallest absolute Gasteiger partial charge is 0.408 e. The molecule has 3 atom stereocenters. The number of phenolic OH excluding ortho intramolecular Hbond substituents is 1. The van der Waals surface area contributed by atoms with Gasteiger partial charge in [-0.2, -0.15) is 0 Å². The number of hydrogen-bond acceptors (Lipinski definition) is 6. The Labute approximate surface area is 212 Å². The minimum atomic E-state index is -1.03. The molecular weight excluding hydrogens is 462 g/mol. The summed E-state index contributed by atoms with van der Waals surface area (Å²) < 4.78 is 10.5. The van der Waals surface area contributed by atoms with Crippen molar-refractivity contribution in [3.05, 3.63) is 54.1 Å². The molecule has 0 saturated carbocycles. The van der Waals surface area contributed by atoms with Crippen LogP contribution in [0, 0.1) is 0 Å². The monoisotopic (exact) mass is 499 g/mol. The number of carbonyl (C=O) groups excluding carboxylic acids is 3. The van der Waals surface area contributed by atoms with E-state index in [0.717, 1.165) is 0 Å². The number of methoxy groups -OCH3 is 1. The van der Waals surface area contributed by atoms with E-state index in [1.165, 1.54) is 17.0 Å². The van der Waals surface area contributed by atoms with E-state index in [9.17, 15) is 19.5 Å². The van der Waals surface area contributed by atoms with E-state index < -0.39 is 35.6 Å². The second kappa shape index (κ2) is 12.3. The summed E-state index contributed by atoms with van der Waals surface area (Å²) >= 11 is 0. The summed E-state index contributed by atoms with van der Waals surface area (Å²) in [6.07, 6.45) is -0.161. The fourth-order valence-electron chi connectivity index (χ4n) is 3.55. The van der Waals surface area contributed by atoms with Gasteiger partial charge >= 0.3 is 6.09 Å². The summed E-state index contributed by atoms with van der Waals surface area (Å²) in [7, 11) is 1.55. The van der Waals surface area contributed by atoms with Crippen molar-refractivity contribution in [1.29, 1.82) is 0 Å². The van der Waals surface area contributed by atoms with Crippen molar-refractivity contribution >= 4 is 23.6 Å². The number of nitrogens with one attached hydrogen (secondary N) is 2. The first-order valence-corrected chi connectivity index (χ1v) is 11.9. The van der Waals surface area contributed by atoms with Gasteiger partial charge in [-0.15, -0.1) is 0 Å². The molecule has 36 heavy (non-hydrogen) atoms. The summed E-state index contributed by atoms with van der Waals surface area (Å²) in [5, 5.41) is 15.2. The van der Waals surface area contributed by atoms with Gasteiger partial charge in [-0.05, 0) is 83.0 Å². The van der Waals surface area contributed by atoms with Gasteiger partial charge in [0.15, 0.2) is 0 Å². The summed E-state index contributed by atoms with van der Waals surface area (Å²) in [5.74, 6) is -0.210. The first-order valence-electron chi connectivity index (χ1n) is 11.9. The zero-order chi connectivity index (χ0) is 27.0. The van der Waals surface area contributed by atoms with Crippen LogP contribution in [0.2, 0.25) is 0 Å². The SMILES string of the molecule is CCC(C)N(C(=O)C(C)NC(=O)OC(C)(C)C)C(C(=O)Nc1ccc(OC)cc1)c1ccc(O)cc1. The van der Waals surface area contributed by atoms with E-state index in [2.05, 4.69) is 10.6 Å². The Kier molecular flexibility index (Phi) is 9.72. The van der Waals surface area contributed by atoms with Crippen molar-refractivity contribution in [3.63, 3.8) is 0 Å². The minimum Gasteiger partial charge on any atom is -0.508 e. The predicted molar refractivity (Wildman–Crippen MR) is 138 cm³/mol. The van der Waals surface area contributed by atoms with E-state index in [0.29, 0.717) is 23.4 Å². The number of ether oxygens (including phenoxy) is 2. The fourth-order valence-corrected chi connectivity index (χ4v) is 3.55. The molecular formula is C27H37N3O6. The van der Waals surface area contributed by atoms with Gasteiger partial charge in [-0.1, -0.05) is 19.1 Å². The number of carbonyl (C=O) groups is 3. The molecule has 3 unspecified atom stereocenters. The van der Waals surface area contributed by atoms with Gasteiger partial charge in [0.1, 0.15) is 29.2 Å². The molecule has 0 radical (unpaired) electrons. The highest BCUT2D eigenvalue weighted by atomic mass is 16.6. The third-order valence-corrected chi connectivity index (χ3v) is 5.52. The second-order valence-electron chi connectivity index (χ2n) is 9.58. The quantitative estimate of drug-likeness (QED) is 0.463. The summed E-state index contributed by atoms with van der Waals surface area (Å²) in [6.45, 7) is 10.5. The lowest BCUT2D eigenvalue weighted by Crippen LogP contribution is -2.53. The van der Waals surface area contributed by atoms with Crippen LogP contribution in [0.1, 0.15) is 59.6 Å². The van der Waals surface area contributed by atoms with E-state index in [1.54, 1.807) is 71.2 Å². The van der Waals surface area contributed by atoms with Gasteiger partial charge < -0.3 is 30.1 Å². The van der Waals surface area contributed by atoms with Crippen LogP contribution in [-0.4, -0.2) is 52.7 Å². The van der Waals surface area contributed by atoms with Crippen molar-refractivity contribution in [2.24, 2.45) is 0 Å². The van der Waals surface area contributed by atoms with Gasteiger partial charge in [0.2, 0.25) is 5.91 Å². The lowest BCUT2D eigenvalue weighted by atomic mass is 10.00. The normalized spacial score (nSPS) is 13.6. The third kappa shape index (κ3) is 7.90. The van der Waals surface area contributed by atoms with Crippen LogP contribution in [0.4, 0.5) is 10.5 Å². The van der Waals surface area contributed by atoms with Crippen LogP contribution in [0.25, 0.3) is 0 Å². The van der Waals surface area contributed by atoms with E-state index >= 15 is 0 Å². The Morgan fingerprint density at radius 1 is 1.00 bits per heavy atom. The second-order valence-corrected chi connectivity index (χ2v) is 9.58. The largest absolute Gasteiger partial charge is 0.508 e. The molecule has 3 amide bonds. The topological polar surface area (TPSA) is 117 Å². The summed E-state index contributed by atoms with van der Waals surface area (Å²) in [5.41, 5.74) is 0.314. The molecule has 9 nitrogen and oxygen atoms in total. The lowest BCUT2D eigenvalue weighted by molar-refractivity contribution is -0.143. The van der Waals surface area contributed by atoms with Crippen molar-refractivity contribution in [3.8, 4) is 11.5 Å². The van der Waals surface area contributed by atoms with Crippen LogP contribution in [0.5, 0.6) is 11.5 Å². The molecule has 3 N–H and O–H groups in total. The van der Waals surface area contributed by atoms with Gasteiger partial charge in [0.05, 0.1) is 7.11 Å². The molecule has 2 aromatic carbocycles. The van der Waals surface area contributed by atoms with Crippen molar-refractivity contribution in [2.45, 2.75) is 71.7 Å². The Hall–Kier alpha value is -3.75. The first-order chi connectivity index (χ1) is 16.9. The highest BCUT2D eigenvalue weighted by Gasteiger charge is 2.37. The molecule has 0 bridgehead atoms. The lowest BCUT2D eigenvalue weighted by Gasteiger charge is -2.37. The average Bonchev–Trinajstić information content (AvgIpc) is 2.81. The van der Waals surface area contributed by atoms with Crippen LogP contribution in [0.15, 0.2) is 48.5 Å². The number of aromatic hydroxyl groups is 1. The molecule has 0 fully saturated rings. The highest BCUT2D eigenvalue weighted by molar-refractivity contribution is 5.99. The third-order valence-electron chi connectivity index (χ3n) is 5.52. The Morgan fingerprint density at radius 2 is 1.58 bits per heavy atom. The Morgan fingerprint density at radius 3 is 2.08 bits per heavy atom. The molecule has 2 rings (SSSR count). The zero-order valence-electron chi connectivity index (χ0n) is 22.0. The molecule has 2 aromatic rings. The van der Waals surface area contributed by atoms with Crippen molar-refractivity contribution in [1.82, 2.24) is 10.2 Å². The maximum atomic E-state index is 13.7. The molecule has 0 aliphatic rings. The number of hydrogen-bond donors (Lipinski definition) is 3. The minimum absolute atomic E-state index is 0.0365. The Bertz CT molecular complexity index is 1030. The molecule has 0 aliphatic heterocycles. The van der Waals surface area contributed by atoms with Crippen molar-refractivity contribution in [2.75, 3.05) is 12.4 Å². The van der Waals surface area contributed by atoms with Gasteiger partial charge in [0, 0.05) is 11.7 Å². The van der Waals surface area contributed by atoms with Gasteiger partial charge in [-0.3, -0.25) is 9.59 Å². The van der Waals surface area contributed by atoms with E-state index in [1.807, 2.05) is 13.8 Å². The van der Waals surface area contributed by atoms with Crippen LogP contribution in [0.3, 0.4) is 0 Å². The average molecular weight is 500 g/mol. The summed E-state index contributed by atoms with van der Waals surface area (Å²) in [6, 6.07) is 10.6. The van der Waals surface area contributed by atoms with Gasteiger partial charge in [0.25, 0.3) is 5.91 Å². The number of benzene rings is 2. The number of nitrogens with zero attached hydrogens (tertiary/aromatic N) is 1. The van der Waals surface area contributed by atoms with Gasteiger partial charge in [-0.25, -0.2) is 4.79 Å². The molecule has 0 saturated heterocycles. The van der Waals surface area contributed by atoms with Crippen LogP contribution >= 0.6 is 0 Å². The maximum Gasteiger partial charge on any atom is 0.408 e. The predicted octanol–water partition coefficient (Wildman–Crippen LogP) is 4.62. The number of anilines is 1. The number of phenols is 1. The molecule has 0 aromatic heterocycles. The zero-order valence-corrected chi connectivity index (χ0v) is 22.0. The first kappa shape index (κ1) is 28.5. The molecule has 0 spiro atoms. The molecule has 9 heteroatoms. The Balaban J connectivity index is 2.42.